The fraction of sp³-hybridized carbons (Fsp3) is 0.278. The van der Waals surface area contributed by atoms with E-state index >= 15 is 0 Å². The van der Waals surface area contributed by atoms with Crippen LogP contribution in [0.2, 0.25) is 0 Å². The van der Waals surface area contributed by atoms with E-state index in [0.29, 0.717) is 18.9 Å². The Hall–Kier alpha value is -2.53. The van der Waals surface area contributed by atoms with Crippen molar-refractivity contribution in [2.24, 2.45) is 0 Å². The van der Waals surface area contributed by atoms with Gasteiger partial charge in [-0.1, -0.05) is 29.8 Å². The van der Waals surface area contributed by atoms with Crippen LogP contribution in [-0.4, -0.2) is 30.5 Å². The fourth-order valence-electron chi connectivity index (χ4n) is 2.42. The normalized spacial score (nSPS) is 17.2. The van der Waals surface area contributed by atoms with Gasteiger partial charge in [0.15, 0.2) is 6.10 Å². The van der Waals surface area contributed by atoms with Crippen molar-refractivity contribution >= 4 is 11.8 Å². The van der Waals surface area contributed by atoms with E-state index in [1.165, 1.54) is 0 Å². The van der Waals surface area contributed by atoms with Gasteiger partial charge in [-0.3, -0.25) is 4.90 Å². The SMILES string of the molecule is Cc1ccc(N2CC(COc3ccc(CO)cc3)OC2=O)cc1. The molecule has 1 unspecified atom stereocenters. The van der Waals surface area contributed by atoms with Crippen molar-refractivity contribution in [2.75, 3.05) is 18.1 Å². The third kappa shape index (κ3) is 3.63. The first kappa shape index (κ1) is 15.4. The molecule has 0 spiro atoms. The van der Waals surface area contributed by atoms with E-state index in [-0.39, 0.29) is 18.8 Å². The number of benzene rings is 2. The van der Waals surface area contributed by atoms with E-state index in [2.05, 4.69) is 0 Å². The van der Waals surface area contributed by atoms with Gasteiger partial charge in [-0.25, -0.2) is 4.79 Å². The van der Waals surface area contributed by atoms with Crippen LogP contribution in [0.15, 0.2) is 48.5 Å². The molecule has 23 heavy (non-hydrogen) atoms. The molecule has 1 heterocycles. The zero-order valence-corrected chi connectivity index (χ0v) is 12.9. The van der Waals surface area contributed by atoms with Gasteiger partial charge in [-0.15, -0.1) is 0 Å². The Labute approximate surface area is 135 Å². The molecule has 1 aliphatic heterocycles. The lowest BCUT2D eigenvalue weighted by Gasteiger charge is -2.13. The molecule has 0 radical (unpaired) electrons. The zero-order chi connectivity index (χ0) is 16.2. The lowest BCUT2D eigenvalue weighted by molar-refractivity contribution is 0.105. The van der Waals surface area contributed by atoms with Crippen LogP contribution in [0.3, 0.4) is 0 Å². The van der Waals surface area contributed by atoms with Gasteiger partial charge in [0.2, 0.25) is 0 Å². The molecule has 3 rings (SSSR count). The highest BCUT2D eigenvalue weighted by atomic mass is 16.6. The number of amides is 1. The number of hydrogen-bond acceptors (Lipinski definition) is 4. The quantitative estimate of drug-likeness (QED) is 0.922. The van der Waals surface area contributed by atoms with Gasteiger partial charge in [0.25, 0.3) is 0 Å². The number of ether oxygens (including phenoxy) is 2. The van der Waals surface area contributed by atoms with Crippen LogP contribution in [0.5, 0.6) is 5.75 Å². The molecule has 1 fully saturated rings. The summed E-state index contributed by atoms with van der Waals surface area (Å²) in [5, 5.41) is 9.01. The van der Waals surface area contributed by atoms with E-state index in [0.717, 1.165) is 16.8 Å². The average molecular weight is 313 g/mol. The molecule has 1 amide bonds. The Morgan fingerprint density at radius 1 is 1.17 bits per heavy atom. The lowest BCUT2D eigenvalue weighted by atomic mass is 10.2. The number of cyclic esters (lactones) is 1. The van der Waals surface area contributed by atoms with Crippen LogP contribution in [0, 0.1) is 6.92 Å². The maximum absolute atomic E-state index is 12.0. The topological polar surface area (TPSA) is 59.0 Å². The Morgan fingerprint density at radius 2 is 1.87 bits per heavy atom. The zero-order valence-electron chi connectivity index (χ0n) is 12.9. The van der Waals surface area contributed by atoms with Gasteiger partial charge in [0.05, 0.1) is 13.2 Å². The fourth-order valence-corrected chi connectivity index (χ4v) is 2.42. The van der Waals surface area contributed by atoms with E-state index in [4.69, 9.17) is 14.6 Å². The molecule has 1 saturated heterocycles. The van der Waals surface area contributed by atoms with Crippen molar-refractivity contribution in [3.63, 3.8) is 0 Å². The molecule has 0 saturated carbocycles. The summed E-state index contributed by atoms with van der Waals surface area (Å²) in [4.78, 5) is 13.6. The molecule has 1 atom stereocenters. The van der Waals surface area contributed by atoms with Gasteiger partial charge in [0, 0.05) is 5.69 Å². The minimum atomic E-state index is -0.349. The predicted molar refractivity (Wildman–Crippen MR) is 86.7 cm³/mol. The van der Waals surface area contributed by atoms with Crippen molar-refractivity contribution in [3.8, 4) is 5.75 Å². The van der Waals surface area contributed by atoms with Crippen LogP contribution in [0.1, 0.15) is 11.1 Å². The summed E-state index contributed by atoms with van der Waals surface area (Å²) in [6.45, 7) is 2.78. The average Bonchev–Trinajstić information content (AvgIpc) is 2.95. The van der Waals surface area contributed by atoms with Crippen LogP contribution < -0.4 is 9.64 Å². The molecular formula is C18H19NO4. The summed E-state index contributed by atoms with van der Waals surface area (Å²) in [7, 11) is 0. The summed E-state index contributed by atoms with van der Waals surface area (Å²) in [6, 6.07) is 14.9. The molecular weight excluding hydrogens is 294 g/mol. The Balaban J connectivity index is 1.57. The molecule has 0 aliphatic carbocycles. The summed E-state index contributed by atoms with van der Waals surface area (Å²) >= 11 is 0. The van der Waals surface area contributed by atoms with Crippen LogP contribution >= 0.6 is 0 Å². The third-order valence-corrected chi connectivity index (χ3v) is 3.76. The van der Waals surface area contributed by atoms with Crippen LogP contribution in [0.25, 0.3) is 0 Å². The first-order valence-electron chi connectivity index (χ1n) is 7.53. The smallest absolute Gasteiger partial charge is 0.414 e. The molecule has 0 bridgehead atoms. The second-order valence-corrected chi connectivity index (χ2v) is 5.56. The first-order chi connectivity index (χ1) is 11.2. The number of aliphatic hydroxyl groups excluding tert-OH is 1. The molecule has 2 aromatic rings. The third-order valence-electron chi connectivity index (χ3n) is 3.76. The summed E-state index contributed by atoms with van der Waals surface area (Å²) < 4.78 is 11.0. The highest BCUT2D eigenvalue weighted by Crippen LogP contribution is 2.22. The van der Waals surface area contributed by atoms with Gasteiger partial charge in [-0.05, 0) is 36.8 Å². The second-order valence-electron chi connectivity index (χ2n) is 5.56. The number of carbonyl (C=O) groups is 1. The molecule has 5 nitrogen and oxygen atoms in total. The highest BCUT2D eigenvalue weighted by molar-refractivity contribution is 5.89. The van der Waals surface area contributed by atoms with Gasteiger partial charge in [-0.2, -0.15) is 0 Å². The number of nitrogens with zero attached hydrogens (tertiary/aromatic N) is 1. The number of aryl methyl sites for hydroxylation is 1. The van der Waals surface area contributed by atoms with E-state index < -0.39 is 0 Å². The first-order valence-corrected chi connectivity index (χ1v) is 7.53. The monoisotopic (exact) mass is 313 g/mol. The maximum Gasteiger partial charge on any atom is 0.414 e. The van der Waals surface area contributed by atoms with E-state index in [9.17, 15) is 4.79 Å². The molecule has 1 aliphatic rings. The lowest BCUT2D eigenvalue weighted by Crippen LogP contribution is -2.26. The predicted octanol–water partition coefficient (Wildman–Crippen LogP) is 2.89. The van der Waals surface area contributed by atoms with Gasteiger partial charge < -0.3 is 14.6 Å². The van der Waals surface area contributed by atoms with Gasteiger partial charge in [0.1, 0.15) is 12.4 Å². The number of rotatable bonds is 5. The van der Waals surface area contributed by atoms with Crippen LogP contribution in [0.4, 0.5) is 10.5 Å². The largest absolute Gasteiger partial charge is 0.490 e. The van der Waals surface area contributed by atoms with E-state index in [1.807, 2.05) is 31.2 Å². The number of anilines is 1. The van der Waals surface area contributed by atoms with E-state index in [1.54, 1.807) is 29.2 Å². The van der Waals surface area contributed by atoms with Crippen molar-refractivity contribution in [2.45, 2.75) is 19.6 Å². The Kier molecular flexibility index (Phi) is 4.48. The molecule has 1 N–H and O–H groups in total. The minimum Gasteiger partial charge on any atom is -0.490 e. The van der Waals surface area contributed by atoms with Crippen molar-refractivity contribution in [1.29, 1.82) is 0 Å². The maximum atomic E-state index is 12.0. The summed E-state index contributed by atoms with van der Waals surface area (Å²) in [5.41, 5.74) is 2.80. The van der Waals surface area contributed by atoms with Crippen molar-refractivity contribution in [1.82, 2.24) is 0 Å². The number of hydrogen-bond donors (Lipinski definition) is 1. The number of carbonyl (C=O) groups excluding carboxylic acids is 1. The molecule has 5 heteroatoms. The van der Waals surface area contributed by atoms with Crippen LogP contribution in [-0.2, 0) is 11.3 Å². The van der Waals surface area contributed by atoms with Crippen molar-refractivity contribution < 1.29 is 19.4 Å². The molecule has 2 aromatic carbocycles. The second kappa shape index (κ2) is 6.71. The minimum absolute atomic E-state index is 0.00598. The Bertz CT molecular complexity index is 666. The molecule has 120 valence electrons. The van der Waals surface area contributed by atoms with Gasteiger partial charge >= 0.3 is 6.09 Å². The highest BCUT2D eigenvalue weighted by Gasteiger charge is 2.32. The van der Waals surface area contributed by atoms with Crippen molar-refractivity contribution in [3.05, 3.63) is 59.7 Å². The molecule has 0 aromatic heterocycles. The summed E-state index contributed by atoms with van der Waals surface area (Å²) in [6.07, 6.45) is -0.653. The Morgan fingerprint density at radius 3 is 2.52 bits per heavy atom. The standard InChI is InChI=1S/C18H19NO4/c1-13-2-6-15(7-3-13)19-10-17(23-18(19)21)12-22-16-8-4-14(11-20)5-9-16/h2-9,17,20H,10-12H2,1H3. The number of aliphatic hydroxyl groups is 1. The summed E-state index contributed by atoms with van der Waals surface area (Å²) in [5.74, 6) is 0.687.